The summed E-state index contributed by atoms with van der Waals surface area (Å²) in [5.41, 5.74) is 3.49. The van der Waals surface area contributed by atoms with E-state index in [2.05, 4.69) is 11.5 Å². The summed E-state index contributed by atoms with van der Waals surface area (Å²) < 4.78 is 0. The molecule has 0 fully saturated rings. The molecule has 1 N–H and O–H groups in total. The molecule has 0 bridgehead atoms. The number of rotatable bonds is 4. The summed E-state index contributed by atoms with van der Waals surface area (Å²) in [6, 6.07) is 13.0. The lowest BCUT2D eigenvalue weighted by molar-refractivity contribution is 0.0365. The Morgan fingerprint density at radius 1 is 1.08 bits per heavy atom. The monoisotopic (exact) mass is 409 g/mol. The number of nitrogens with zero attached hydrogens (tertiary/aromatic N) is 2. The number of nitriles is 1. The van der Waals surface area contributed by atoms with Gasteiger partial charge in [-0.15, -0.1) is 0 Å². The van der Waals surface area contributed by atoms with Gasteiger partial charge in [0.25, 0.3) is 5.91 Å². The molecule has 0 radical (unpaired) electrons. The van der Waals surface area contributed by atoms with Gasteiger partial charge in [-0.2, -0.15) is 5.26 Å². The van der Waals surface area contributed by atoms with Gasteiger partial charge in [0.05, 0.1) is 21.7 Å². The molecule has 7 heteroatoms. The second kappa shape index (κ2) is 8.28. The van der Waals surface area contributed by atoms with Crippen molar-refractivity contribution in [2.75, 3.05) is 0 Å². The number of halogens is 3. The standard InChI is InChI=1S/C19H18Cl3N3O/c1-19(2,3)25(18(26)13-6-9-15(21)16(22)10-13)24-17(11-23)12-4-7-14(20)8-5-12/h4-10,17,24H,1-3H3. The maximum atomic E-state index is 13.0. The Hall–Kier alpha value is -1.77. The molecular weight excluding hydrogens is 393 g/mol. The third-order valence-corrected chi connectivity index (χ3v) is 4.62. The van der Waals surface area contributed by atoms with Gasteiger partial charge in [0.15, 0.2) is 0 Å². The highest BCUT2D eigenvalue weighted by Crippen LogP contribution is 2.25. The van der Waals surface area contributed by atoms with Crippen LogP contribution in [0.2, 0.25) is 15.1 Å². The van der Waals surface area contributed by atoms with Crippen LogP contribution in [0.1, 0.15) is 42.7 Å². The number of amides is 1. The van der Waals surface area contributed by atoms with Crippen LogP contribution >= 0.6 is 34.8 Å². The topological polar surface area (TPSA) is 56.1 Å². The number of hydrogen-bond donors (Lipinski definition) is 1. The van der Waals surface area contributed by atoms with Crippen molar-refractivity contribution in [2.24, 2.45) is 0 Å². The molecule has 4 nitrogen and oxygen atoms in total. The van der Waals surface area contributed by atoms with E-state index in [1.807, 2.05) is 20.8 Å². The SMILES string of the molecule is CC(C)(C)N(NC(C#N)c1ccc(Cl)cc1)C(=O)c1ccc(Cl)c(Cl)c1. The first kappa shape index (κ1) is 20.5. The molecule has 1 atom stereocenters. The van der Waals surface area contributed by atoms with Crippen LogP contribution in [-0.4, -0.2) is 16.5 Å². The van der Waals surface area contributed by atoms with E-state index in [4.69, 9.17) is 34.8 Å². The van der Waals surface area contributed by atoms with Gasteiger partial charge < -0.3 is 0 Å². The fourth-order valence-corrected chi connectivity index (χ4v) is 2.70. The summed E-state index contributed by atoms with van der Waals surface area (Å²) in [4.78, 5) is 13.0. The first-order valence-electron chi connectivity index (χ1n) is 7.84. The summed E-state index contributed by atoms with van der Waals surface area (Å²) >= 11 is 17.9. The molecule has 136 valence electrons. The van der Waals surface area contributed by atoms with Gasteiger partial charge in [0.2, 0.25) is 0 Å². The maximum Gasteiger partial charge on any atom is 0.268 e. The molecule has 0 saturated heterocycles. The quantitative estimate of drug-likeness (QED) is 0.662. The molecule has 0 saturated carbocycles. The maximum absolute atomic E-state index is 13.0. The van der Waals surface area contributed by atoms with Crippen molar-refractivity contribution >= 4 is 40.7 Å². The number of carbonyl (C=O) groups is 1. The zero-order chi connectivity index (χ0) is 19.5. The van der Waals surface area contributed by atoms with Crippen LogP contribution in [0.3, 0.4) is 0 Å². The van der Waals surface area contributed by atoms with E-state index >= 15 is 0 Å². The zero-order valence-electron chi connectivity index (χ0n) is 14.6. The first-order chi connectivity index (χ1) is 12.1. The van der Waals surface area contributed by atoms with E-state index < -0.39 is 11.6 Å². The fraction of sp³-hybridized carbons (Fsp3) is 0.263. The Morgan fingerprint density at radius 2 is 1.69 bits per heavy atom. The molecule has 1 amide bonds. The van der Waals surface area contributed by atoms with Crippen LogP contribution in [0.5, 0.6) is 0 Å². The van der Waals surface area contributed by atoms with Crippen molar-refractivity contribution in [1.82, 2.24) is 10.4 Å². The summed E-state index contributed by atoms with van der Waals surface area (Å²) in [7, 11) is 0. The molecule has 2 aromatic carbocycles. The van der Waals surface area contributed by atoms with Crippen molar-refractivity contribution in [3.05, 3.63) is 68.7 Å². The van der Waals surface area contributed by atoms with E-state index in [0.717, 1.165) is 0 Å². The summed E-state index contributed by atoms with van der Waals surface area (Å²) in [5.74, 6) is -0.315. The van der Waals surface area contributed by atoms with Crippen LogP contribution < -0.4 is 5.43 Å². The van der Waals surface area contributed by atoms with Crippen LogP contribution in [0.4, 0.5) is 0 Å². The second-order valence-corrected chi connectivity index (χ2v) is 7.93. The largest absolute Gasteiger partial charge is 0.268 e. The number of nitrogens with one attached hydrogen (secondary N) is 1. The van der Waals surface area contributed by atoms with Crippen molar-refractivity contribution in [1.29, 1.82) is 5.26 Å². The Balaban J connectivity index is 2.35. The second-order valence-electron chi connectivity index (χ2n) is 6.68. The van der Waals surface area contributed by atoms with Crippen LogP contribution in [0.25, 0.3) is 0 Å². The van der Waals surface area contributed by atoms with Gasteiger partial charge in [-0.1, -0.05) is 46.9 Å². The Bertz CT molecular complexity index is 839. The number of hydrazine groups is 1. The van der Waals surface area contributed by atoms with E-state index in [1.165, 1.54) is 11.1 Å². The number of hydrogen-bond acceptors (Lipinski definition) is 3. The molecule has 0 heterocycles. The number of benzene rings is 2. The smallest absolute Gasteiger partial charge is 0.268 e. The number of carbonyl (C=O) groups excluding carboxylic acids is 1. The lowest BCUT2D eigenvalue weighted by atomic mass is 10.0. The lowest BCUT2D eigenvalue weighted by Gasteiger charge is -2.37. The zero-order valence-corrected chi connectivity index (χ0v) is 16.8. The van der Waals surface area contributed by atoms with E-state index in [0.29, 0.717) is 26.2 Å². The predicted molar refractivity (Wildman–Crippen MR) is 105 cm³/mol. The highest BCUT2D eigenvalue weighted by molar-refractivity contribution is 6.42. The van der Waals surface area contributed by atoms with Crippen molar-refractivity contribution in [3.63, 3.8) is 0 Å². The van der Waals surface area contributed by atoms with Gasteiger partial charge >= 0.3 is 0 Å². The molecule has 26 heavy (non-hydrogen) atoms. The Kier molecular flexibility index (Phi) is 6.54. The van der Waals surface area contributed by atoms with Gasteiger partial charge in [0.1, 0.15) is 6.04 Å². The average Bonchev–Trinajstić information content (AvgIpc) is 2.58. The lowest BCUT2D eigenvalue weighted by Crippen LogP contribution is -2.54. The summed E-state index contributed by atoms with van der Waals surface area (Å²) in [5, 5.41) is 12.2. The minimum absolute atomic E-state index is 0.293. The molecule has 0 spiro atoms. The van der Waals surface area contributed by atoms with Gasteiger partial charge in [-0.05, 0) is 56.7 Å². The predicted octanol–water partition coefficient (Wildman–Crippen LogP) is 5.66. The average molecular weight is 411 g/mol. The van der Waals surface area contributed by atoms with Crippen molar-refractivity contribution < 1.29 is 4.79 Å². The van der Waals surface area contributed by atoms with Crippen LogP contribution in [0, 0.1) is 11.3 Å². The van der Waals surface area contributed by atoms with E-state index in [-0.39, 0.29) is 5.91 Å². The van der Waals surface area contributed by atoms with Crippen LogP contribution in [0.15, 0.2) is 42.5 Å². The molecule has 2 aromatic rings. The van der Waals surface area contributed by atoms with Crippen LogP contribution in [-0.2, 0) is 0 Å². The molecule has 0 aliphatic rings. The minimum Gasteiger partial charge on any atom is -0.268 e. The van der Waals surface area contributed by atoms with Gasteiger partial charge in [-0.25, -0.2) is 5.43 Å². The highest BCUT2D eigenvalue weighted by Gasteiger charge is 2.30. The molecule has 2 rings (SSSR count). The highest BCUT2D eigenvalue weighted by atomic mass is 35.5. The van der Waals surface area contributed by atoms with E-state index in [1.54, 1.807) is 36.4 Å². The third-order valence-electron chi connectivity index (χ3n) is 3.63. The van der Waals surface area contributed by atoms with Gasteiger partial charge in [-0.3, -0.25) is 9.80 Å². The molecule has 1 unspecified atom stereocenters. The fourth-order valence-electron chi connectivity index (χ4n) is 2.28. The van der Waals surface area contributed by atoms with E-state index in [9.17, 15) is 10.1 Å². The Labute approximate surface area is 168 Å². The summed E-state index contributed by atoms with van der Waals surface area (Å²) in [6.07, 6.45) is 0. The molecule has 0 aliphatic carbocycles. The third kappa shape index (κ3) is 4.90. The minimum atomic E-state index is -0.724. The normalized spacial score (nSPS) is 12.3. The van der Waals surface area contributed by atoms with Crippen molar-refractivity contribution in [3.8, 4) is 6.07 Å². The molecule has 0 aliphatic heterocycles. The molecule has 0 aromatic heterocycles. The van der Waals surface area contributed by atoms with Gasteiger partial charge in [0, 0.05) is 10.6 Å². The summed E-state index contributed by atoms with van der Waals surface area (Å²) in [6.45, 7) is 5.60. The van der Waals surface area contributed by atoms with Crippen molar-refractivity contribution in [2.45, 2.75) is 32.4 Å². The Morgan fingerprint density at radius 3 is 2.19 bits per heavy atom. The first-order valence-corrected chi connectivity index (χ1v) is 8.97. The molecular formula is C19H18Cl3N3O.